The molecule has 0 saturated carbocycles. The maximum absolute atomic E-state index is 12.3. The third kappa shape index (κ3) is 3.43. The molecule has 0 aliphatic rings. The third-order valence-corrected chi connectivity index (χ3v) is 1.46. The smallest absolute Gasteiger partial charge is 0.389 e. The first-order chi connectivity index (χ1) is 5.52. The van der Waals surface area contributed by atoms with Gasteiger partial charge in [0.1, 0.15) is 0 Å². The number of hydrogen-bond donors (Lipinski definition) is 2. The number of nitrogens with two attached hydrogens (primary N) is 1. The zero-order valence-electron chi connectivity index (χ0n) is 6.83. The molecule has 7 heteroatoms. The van der Waals surface area contributed by atoms with Crippen LogP contribution in [0.25, 0.3) is 0 Å². The topological polar surface area (TPSA) is 46.2 Å². The molecule has 0 aromatic carbocycles. The zero-order chi connectivity index (χ0) is 10.9. The predicted molar refractivity (Wildman–Crippen MR) is 35.3 cm³/mol. The quantitative estimate of drug-likeness (QED) is 0.685. The number of halogens is 5. The summed E-state index contributed by atoms with van der Waals surface area (Å²) in [7, 11) is 0. The average Bonchev–Trinajstić information content (AvgIpc) is 1.83. The number of alkyl halides is 5. The van der Waals surface area contributed by atoms with Gasteiger partial charge in [0.2, 0.25) is 0 Å². The molecule has 0 spiro atoms. The van der Waals surface area contributed by atoms with Crippen LogP contribution in [-0.4, -0.2) is 29.4 Å². The summed E-state index contributed by atoms with van der Waals surface area (Å²) in [5.74, 6) is -4.91. The minimum atomic E-state index is -5.65. The van der Waals surface area contributed by atoms with Crippen LogP contribution in [0.1, 0.15) is 13.3 Å². The van der Waals surface area contributed by atoms with Crippen molar-refractivity contribution in [2.75, 3.05) is 6.54 Å². The van der Waals surface area contributed by atoms with Crippen molar-refractivity contribution in [1.82, 2.24) is 0 Å². The largest absolute Gasteiger partial charge is 0.453 e. The first-order valence-corrected chi connectivity index (χ1v) is 3.39. The second-order valence-electron chi connectivity index (χ2n) is 3.08. The molecule has 80 valence electrons. The summed E-state index contributed by atoms with van der Waals surface area (Å²) in [6.07, 6.45) is -7.37. The Bertz CT molecular complexity index is 176. The van der Waals surface area contributed by atoms with E-state index in [1.165, 1.54) is 0 Å². The molecule has 0 radical (unpaired) electrons. The van der Waals surface area contributed by atoms with Crippen molar-refractivity contribution in [3.05, 3.63) is 0 Å². The van der Waals surface area contributed by atoms with Crippen molar-refractivity contribution in [3.8, 4) is 0 Å². The van der Waals surface area contributed by atoms with E-state index < -0.39 is 30.7 Å². The number of rotatable bonds is 3. The van der Waals surface area contributed by atoms with Gasteiger partial charge in [-0.2, -0.15) is 22.0 Å². The molecule has 0 aliphatic carbocycles. The monoisotopic (exact) mass is 207 g/mol. The summed E-state index contributed by atoms with van der Waals surface area (Å²) in [6.45, 7) is 0.172. The summed E-state index contributed by atoms with van der Waals surface area (Å²) < 4.78 is 59.3. The molecule has 2 nitrogen and oxygen atoms in total. The summed E-state index contributed by atoms with van der Waals surface area (Å²) in [5, 5.41) is 8.92. The lowest BCUT2D eigenvalue weighted by atomic mass is 9.98. The molecule has 0 bridgehead atoms. The van der Waals surface area contributed by atoms with Gasteiger partial charge in [0, 0.05) is 6.54 Å². The van der Waals surface area contributed by atoms with E-state index >= 15 is 0 Å². The second kappa shape index (κ2) is 3.38. The van der Waals surface area contributed by atoms with Crippen LogP contribution in [-0.2, 0) is 0 Å². The van der Waals surface area contributed by atoms with Crippen molar-refractivity contribution in [1.29, 1.82) is 0 Å². The first kappa shape index (κ1) is 12.6. The van der Waals surface area contributed by atoms with Gasteiger partial charge >= 0.3 is 12.1 Å². The molecule has 0 aromatic rings. The predicted octanol–water partition coefficient (Wildman–Crippen LogP) is 1.28. The molecule has 0 amide bonds. The summed E-state index contributed by atoms with van der Waals surface area (Å²) in [5.41, 5.74) is 2.60. The highest BCUT2D eigenvalue weighted by Gasteiger charge is 2.59. The fraction of sp³-hybridized carbons (Fsp3) is 1.00. The third-order valence-electron chi connectivity index (χ3n) is 1.46. The average molecular weight is 207 g/mol. The molecule has 1 unspecified atom stereocenters. The van der Waals surface area contributed by atoms with Crippen LogP contribution < -0.4 is 5.73 Å². The molecule has 3 N–H and O–H groups in total. The highest BCUT2D eigenvalue weighted by Crippen LogP contribution is 2.40. The molecule has 0 heterocycles. The number of hydrogen-bond acceptors (Lipinski definition) is 2. The van der Waals surface area contributed by atoms with Gasteiger partial charge in [-0.1, -0.05) is 0 Å². The first-order valence-electron chi connectivity index (χ1n) is 3.39. The van der Waals surface area contributed by atoms with Gasteiger partial charge in [0.25, 0.3) is 0 Å². The van der Waals surface area contributed by atoms with Crippen molar-refractivity contribution < 1.29 is 27.1 Å². The van der Waals surface area contributed by atoms with E-state index in [1.54, 1.807) is 0 Å². The fourth-order valence-corrected chi connectivity index (χ4v) is 0.651. The van der Waals surface area contributed by atoms with E-state index in [9.17, 15) is 22.0 Å². The Morgan fingerprint density at radius 3 is 1.77 bits per heavy atom. The van der Waals surface area contributed by atoms with E-state index in [-0.39, 0.29) is 0 Å². The van der Waals surface area contributed by atoms with Crippen LogP contribution in [0.5, 0.6) is 0 Å². The normalized spacial score (nSPS) is 18.5. The second-order valence-corrected chi connectivity index (χ2v) is 3.08. The Balaban J connectivity index is 4.52. The van der Waals surface area contributed by atoms with Gasteiger partial charge in [-0.3, -0.25) is 0 Å². The number of aliphatic hydroxyl groups is 1. The molecule has 0 aliphatic heterocycles. The zero-order valence-corrected chi connectivity index (χ0v) is 6.83. The van der Waals surface area contributed by atoms with Gasteiger partial charge in [-0.05, 0) is 6.92 Å². The SMILES string of the molecule is CC(O)(CN)CC(F)(F)C(F)(F)F. The van der Waals surface area contributed by atoms with Gasteiger partial charge in [0.15, 0.2) is 0 Å². The fourth-order valence-electron chi connectivity index (χ4n) is 0.651. The van der Waals surface area contributed by atoms with Crippen molar-refractivity contribution >= 4 is 0 Å². The van der Waals surface area contributed by atoms with Gasteiger partial charge in [-0.15, -0.1) is 0 Å². The Morgan fingerprint density at radius 2 is 1.54 bits per heavy atom. The lowest BCUT2D eigenvalue weighted by Gasteiger charge is -2.28. The van der Waals surface area contributed by atoms with Crippen LogP contribution in [0, 0.1) is 0 Å². The summed E-state index contributed by atoms with van der Waals surface area (Å²) >= 11 is 0. The Kier molecular flexibility index (Phi) is 3.26. The van der Waals surface area contributed by atoms with Crippen LogP contribution in [0.2, 0.25) is 0 Å². The summed E-state index contributed by atoms with van der Waals surface area (Å²) in [4.78, 5) is 0. The standard InChI is InChI=1S/C6H10F5NO/c1-4(13,3-12)2-5(7,8)6(9,10)11/h13H,2-3,12H2,1H3. The van der Waals surface area contributed by atoms with E-state index in [0.29, 0.717) is 0 Å². The molecule has 0 aromatic heterocycles. The highest BCUT2D eigenvalue weighted by molar-refractivity contribution is 4.86. The van der Waals surface area contributed by atoms with Crippen LogP contribution in [0.3, 0.4) is 0 Å². The lowest BCUT2D eigenvalue weighted by molar-refractivity contribution is -0.295. The molecule has 0 saturated heterocycles. The van der Waals surface area contributed by atoms with E-state index in [2.05, 4.69) is 0 Å². The van der Waals surface area contributed by atoms with Crippen LogP contribution >= 0.6 is 0 Å². The van der Waals surface area contributed by atoms with E-state index in [4.69, 9.17) is 10.8 Å². The minimum absolute atomic E-state index is 0.654. The van der Waals surface area contributed by atoms with Gasteiger partial charge in [0.05, 0.1) is 12.0 Å². The van der Waals surface area contributed by atoms with Gasteiger partial charge < -0.3 is 10.8 Å². The maximum Gasteiger partial charge on any atom is 0.453 e. The van der Waals surface area contributed by atoms with Crippen LogP contribution in [0.4, 0.5) is 22.0 Å². The summed E-state index contributed by atoms with van der Waals surface area (Å²) in [6, 6.07) is 0. The Hall–Kier alpha value is -0.430. The van der Waals surface area contributed by atoms with Crippen molar-refractivity contribution in [2.24, 2.45) is 5.73 Å². The highest BCUT2D eigenvalue weighted by atomic mass is 19.4. The van der Waals surface area contributed by atoms with E-state index in [1.807, 2.05) is 0 Å². The lowest BCUT2D eigenvalue weighted by Crippen LogP contribution is -2.47. The Labute approximate surface area is 71.5 Å². The molecule has 0 fully saturated rings. The molecule has 0 rings (SSSR count). The van der Waals surface area contributed by atoms with Crippen molar-refractivity contribution in [2.45, 2.75) is 31.0 Å². The van der Waals surface area contributed by atoms with E-state index in [0.717, 1.165) is 6.92 Å². The van der Waals surface area contributed by atoms with Crippen molar-refractivity contribution in [3.63, 3.8) is 0 Å². The van der Waals surface area contributed by atoms with Gasteiger partial charge in [-0.25, -0.2) is 0 Å². The molecule has 1 atom stereocenters. The Morgan fingerprint density at radius 1 is 1.15 bits per heavy atom. The molecule has 13 heavy (non-hydrogen) atoms. The maximum atomic E-state index is 12.3. The molecular weight excluding hydrogens is 197 g/mol. The van der Waals surface area contributed by atoms with Crippen LogP contribution in [0.15, 0.2) is 0 Å². The minimum Gasteiger partial charge on any atom is -0.389 e. The molecular formula is C6H10F5NO.